The third-order valence-electron chi connectivity index (χ3n) is 4.83. The number of halogens is 1. The molecule has 6 heteroatoms. The highest BCUT2D eigenvalue weighted by Crippen LogP contribution is 2.37. The summed E-state index contributed by atoms with van der Waals surface area (Å²) in [6, 6.07) is 17.8. The van der Waals surface area contributed by atoms with Crippen LogP contribution in [0.1, 0.15) is 24.5 Å². The lowest BCUT2D eigenvalue weighted by Crippen LogP contribution is -2.28. The average molecular weight is 421 g/mol. The van der Waals surface area contributed by atoms with Crippen LogP contribution in [0.5, 0.6) is 5.75 Å². The largest absolute Gasteiger partial charge is 0.488 e. The molecular weight excluding hydrogens is 401 g/mol. The molecule has 152 valence electrons. The van der Waals surface area contributed by atoms with E-state index < -0.39 is 0 Å². The van der Waals surface area contributed by atoms with Gasteiger partial charge in [0.2, 0.25) is 0 Å². The molecule has 0 saturated carbocycles. The number of ether oxygens (including phenoxy) is 1. The number of rotatable bonds is 6. The van der Waals surface area contributed by atoms with E-state index in [4.69, 9.17) is 4.74 Å². The fraction of sp³-hybridized carbons (Fsp3) is 0.167. The van der Waals surface area contributed by atoms with Crippen molar-refractivity contribution in [1.29, 1.82) is 0 Å². The number of amides is 2. The molecule has 2 amide bonds. The van der Waals surface area contributed by atoms with Gasteiger partial charge in [-0.1, -0.05) is 49.4 Å². The van der Waals surface area contributed by atoms with Gasteiger partial charge in [0.15, 0.2) is 0 Å². The molecule has 3 aromatic carbocycles. The van der Waals surface area contributed by atoms with Crippen molar-refractivity contribution in [2.45, 2.75) is 20.0 Å². The zero-order valence-corrected chi connectivity index (χ0v) is 17.2. The van der Waals surface area contributed by atoms with Crippen molar-refractivity contribution in [2.75, 3.05) is 6.54 Å². The molecule has 30 heavy (non-hydrogen) atoms. The zero-order chi connectivity index (χ0) is 21.1. The maximum Gasteiger partial charge on any atom is 0.293 e. The van der Waals surface area contributed by atoms with Crippen LogP contribution < -0.4 is 4.74 Å². The summed E-state index contributed by atoms with van der Waals surface area (Å²) in [7, 11) is 0. The minimum atomic E-state index is -0.298. The van der Waals surface area contributed by atoms with E-state index in [0.29, 0.717) is 23.6 Å². The van der Waals surface area contributed by atoms with E-state index in [0.717, 1.165) is 33.7 Å². The Kier molecular flexibility index (Phi) is 5.86. The van der Waals surface area contributed by atoms with Crippen molar-refractivity contribution < 1.29 is 18.7 Å². The first-order valence-corrected chi connectivity index (χ1v) is 10.5. The lowest BCUT2D eigenvalue weighted by atomic mass is 10.0. The molecule has 1 fully saturated rings. The molecule has 1 saturated heterocycles. The molecule has 3 aromatic rings. The summed E-state index contributed by atoms with van der Waals surface area (Å²) in [6.45, 7) is 2.60. The smallest absolute Gasteiger partial charge is 0.293 e. The van der Waals surface area contributed by atoms with Crippen LogP contribution in [0.2, 0.25) is 0 Å². The van der Waals surface area contributed by atoms with E-state index >= 15 is 0 Å². The van der Waals surface area contributed by atoms with Gasteiger partial charge in [-0.25, -0.2) is 4.39 Å². The fourth-order valence-electron chi connectivity index (χ4n) is 3.34. The van der Waals surface area contributed by atoms with Gasteiger partial charge in [-0.2, -0.15) is 0 Å². The van der Waals surface area contributed by atoms with Gasteiger partial charge < -0.3 is 4.74 Å². The average Bonchev–Trinajstić information content (AvgIpc) is 3.02. The number of thioether (sulfide) groups is 1. The van der Waals surface area contributed by atoms with Gasteiger partial charge in [0.1, 0.15) is 18.2 Å². The quantitative estimate of drug-likeness (QED) is 0.458. The number of benzene rings is 3. The van der Waals surface area contributed by atoms with Gasteiger partial charge >= 0.3 is 0 Å². The van der Waals surface area contributed by atoms with Gasteiger partial charge in [-0.15, -0.1) is 0 Å². The second-order valence-corrected chi connectivity index (χ2v) is 7.94. The van der Waals surface area contributed by atoms with Crippen LogP contribution in [-0.2, 0) is 11.4 Å². The second kappa shape index (κ2) is 8.71. The number of nitrogens with zero attached hydrogens (tertiary/aromatic N) is 1. The lowest BCUT2D eigenvalue weighted by Gasteiger charge is -2.13. The Morgan fingerprint density at radius 3 is 2.57 bits per heavy atom. The third-order valence-corrected chi connectivity index (χ3v) is 5.74. The predicted molar refractivity (Wildman–Crippen MR) is 118 cm³/mol. The van der Waals surface area contributed by atoms with Crippen molar-refractivity contribution in [2.24, 2.45) is 0 Å². The molecule has 0 aromatic heterocycles. The fourth-order valence-corrected chi connectivity index (χ4v) is 4.19. The Morgan fingerprint density at radius 2 is 1.80 bits per heavy atom. The summed E-state index contributed by atoms with van der Waals surface area (Å²) in [5.41, 5.74) is 1.58. The molecule has 0 spiro atoms. The molecule has 0 unspecified atom stereocenters. The Morgan fingerprint density at radius 1 is 1.03 bits per heavy atom. The van der Waals surface area contributed by atoms with E-state index in [9.17, 15) is 14.0 Å². The van der Waals surface area contributed by atoms with Crippen LogP contribution >= 0.6 is 11.8 Å². The minimum absolute atomic E-state index is 0.248. The predicted octanol–water partition coefficient (Wildman–Crippen LogP) is 6.00. The van der Waals surface area contributed by atoms with E-state index in [-0.39, 0.29) is 23.6 Å². The molecule has 1 heterocycles. The molecule has 0 aliphatic carbocycles. The Hall–Kier alpha value is -3.12. The number of carbonyl (C=O) groups excluding carboxylic acids is 2. The first-order chi connectivity index (χ1) is 14.6. The summed E-state index contributed by atoms with van der Waals surface area (Å²) in [5.74, 6) is 0.0255. The number of carbonyl (C=O) groups is 2. The lowest BCUT2D eigenvalue weighted by molar-refractivity contribution is -0.122. The van der Waals surface area contributed by atoms with Gasteiger partial charge in [0, 0.05) is 12.1 Å². The minimum Gasteiger partial charge on any atom is -0.488 e. The Bertz CT molecular complexity index is 1140. The van der Waals surface area contributed by atoms with Gasteiger partial charge in [0.25, 0.3) is 11.1 Å². The van der Waals surface area contributed by atoms with E-state index in [2.05, 4.69) is 0 Å². The van der Waals surface area contributed by atoms with E-state index in [1.807, 2.05) is 43.3 Å². The number of hydrogen-bond donors (Lipinski definition) is 0. The molecule has 0 radical (unpaired) electrons. The first kappa shape index (κ1) is 20.2. The summed E-state index contributed by atoms with van der Waals surface area (Å²) in [6.07, 6.45) is 2.45. The van der Waals surface area contributed by atoms with E-state index in [1.54, 1.807) is 18.2 Å². The monoisotopic (exact) mass is 421 g/mol. The zero-order valence-electron chi connectivity index (χ0n) is 16.4. The van der Waals surface area contributed by atoms with Crippen LogP contribution in [0.15, 0.2) is 65.6 Å². The highest BCUT2D eigenvalue weighted by Gasteiger charge is 2.34. The second-order valence-electron chi connectivity index (χ2n) is 6.95. The van der Waals surface area contributed by atoms with Crippen LogP contribution in [0.3, 0.4) is 0 Å². The SMILES string of the molecule is CCCN1C(=O)S/C(=C/c2c(OCc3ccc(F)cc3)ccc3ccccc23)C1=O. The van der Waals surface area contributed by atoms with Crippen LogP contribution in [0.4, 0.5) is 9.18 Å². The first-order valence-electron chi connectivity index (χ1n) is 9.71. The molecule has 4 nitrogen and oxygen atoms in total. The van der Waals surface area contributed by atoms with Crippen LogP contribution in [0.25, 0.3) is 16.8 Å². The number of fused-ring (bicyclic) bond motifs is 1. The van der Waals surface area contributed by atoms with Gasteiger partial charge in [0.05, 0.1) is 4.91 Å². The highest BCUT2D eigenvalue weighted by molar-refractivity contribution is 8.18. The molecule has 0 atom stereocenters. The van der Waals surface area contributed by atoms with Crippen molar-refractivity contribution in [3.05, 3.63) is 82.5 Å². The van der Waals surface area contributed by atoms with Crippen molar-refractivity contribution >= 4 is 39.8 Å². The maximum absolute atomic E-state index is 13.2. The summed E-state index contributed by atoms with van der Waals surface area (Å²) in [4.78, 5) is 26.6. The molecule has 1 aliphatic rings. The summed E-state index contributed by atoms with van der Waals surface area (Å²) >= 11 is 0.951. The van der Waals surface area contributed by atoms with E-state index in [1.165, 1.54) is 17.0 Å². The molecule has 0 bridgehead atoms. The molecule has 1 aliphatic heterocycles. The van der Waals surface area contributed by atoms with Gasteiger partial charge in [-0.05, 0) is 58.8 Å². The molecule has 4 rings (SSSR count). The van der Waals surface area contributed by atoms with Crippen molar-refractivity contribution in [1.82, 2.24) is 4.90 Å². The number of hydrogen-bond acceptors (Lipinski definition) is 4. The van der Waals surface area contributed by atoms with Crippen LogP contribution in [0, 0.1) is 5.82 Å². The Labute approximate surface area is 178 Å². The standard InChI is InChI=1S/C24H20FNO3S/c1-2-13-26-23(27)22(30-24(26)28)14-20-19-6-4-3-5-17(19)9-12-21(20)29-15-16-7-10-18(25)11-8-16/h3-12,14H,2,13,15H2,1H3/b22-14+. The topological polar surface area (TPSA) is 46.6 Å². The summed E-state index contributed by atoms with van der Waals surface area (Å²) < 4.78 is 19.2. The van der Waals surface area contributed by atoms with Crippen molar-refractivity contribution in [3.63, 3.8) is 0 Å². The maximum atomic E-state index is 13.2. The Balaban J connectivity index is 1.71. The normalized spacial score (nSPS) is 15.4. The summed E-state index contributed by atoms with van der Waals surface area (Å²) in [5, 5.41) is 1.68. The van der Waals surface area contributed by atoms with Gasteiger partial charge in [-0.3, -0.25) is 14.5 Å². The van der Waals surface area contributed by atoms with Crippen molar-refractivity contribution in [3.8, 4) is 5.75 Å². The third kappa shape index (κ3) is 4.09. The van der Waals surface area contributed by atoms with Crippen LogP contribution in [-0.4, -0.2) is 22.6 Å². The molecular formula is C24H20FNO3S. The number of imide groups is 1. The highest BCUT2D eigenvalue weighted by atomic mass is 32.2. The molecule has 0 N–H and O–H groups in total.